The third-order valence-corrected chi connectivity index (χ3v) is 6.10. The zero-order valence-electron chi connectivity index (χ0n) is 17.1. The molecule has 0 saturated heterocycles. The van der Waals surface area contributed by atoms with Gasteiger partial charge in [-0.05, 0) is 42.5 Å². The summed E-state index contributed by atoms with van der Waals surface area (Å²) in [5, 5.41) is 3.33. The van der Waals surface area contributed by atoms with E-state index in [-0.39, 0.29) is 0 Å². The summed E-state index contributed by atoms with van der Waals surface area (Å²) in [5.74, 6) is 0. The van der Waals surface area contributed by atoms with Crippen molar-refractivity contribution in [3.05, 3.63) is 104 Å². The molecule has 0 atom stereocenters. The highest BCUT2D eigenvalue weighted by atomic mass is 15.1. The van der Waals surface area contributed by atoms with Crippen LogP contribution in [0.3, 0.4) is 0 Å². The van der Waals surface area contributed by atoms with Crippen molar-refractivity contribution in [2.24, 2.45) is 0 Å². The van der Waals surface area contributed by atoms with Crippen LogP contribution in [0.25, 0.3) is 55.2 Å². The molecule has 5 heterocycles. The Labute approximate surface area is 183 Å². The third kappa shape index (κ3) is 2.25. The van der Waals surface area contributed by atoms with Crippen LogP contribution in [0, 0.1) is 0 Å². The highest BCUT2D eigenvalue weighted by Gasteiger charge is 2.21. The van der Waals surface area contributed by atoms with E-state index in [0.717, 1.165) is 49.9 Å². The molecular formula is C27H17N5. The molecule has 150 valence electrons. The summed E-state index contributed by atoms with van der Waals surface area (Å²) in [6.45, 7) is 0. The molecular weight excluding hydrogens is 394 g/mol. The Hall–Kier alpha value is -4.51. The average Bonchev–Trinajstić information content (AvgIpc) is 3.38. The molecule has 2 aromatic carbocycles. The van der Waals surface area contributed by atoms with Crippen molar-refractivity contribution in [2.75, 3.05) is 0 Å². The van der Waals surface area contributed by atoms with Crippen molar-refractivity contribution in [1.29, 1.82) is 0 Å². The number of para-hydroxylation sites is 2. The molecule has 0 fully saturated rings. The Kier molecular flexibility index (Phi) is 3.49. The molecule has 0 spiro atoms. The molecule has 0 saturated carbocycles. The van der Waals surface area contributed by atoms with Gasteiger partial charge in [0.05, 0.1) is 27.5 Å². The number of fused-ring (bicyclic) bond motifs is 7. The second-order valence-corrected chi connectivity index (χ2v) is 7.82. The van der Waals surface area contributed by atoms with E-state index in [1.165, 1.54) is 5.39 Å². The monoisotopic (exact) mass is 411 g/mol. The second kappa shape index (κ2) is 6.49. The molecule has 0 unspecified atom stereocenters. The number of hydrogen-bond acceptors (Lipinski definition) is 3. The first-order chi connectivity index (χ1) is 15.9. The van der Waals surface area contributed by atoms with Gasteiger partial charge in [-0.15, -0.1) is 0 Å². The fourth-order valence-electron chi connectivity index (χ4n) is 4.81. The lowest BCUT2D eigenvalue weighted by Gasteiger charge is -2.08. The molecule has 32 heavy (non-hydrogen) atoms. The minimum Gasteiger partial charge on any atom is -0.307 e. The number of pyridine rings is 3. The van der Waals surface area contributed by atoms with Gasteiger partial charge in [-0.2, -0.15) is 0 Å². The Morgan fingerprint density at radius 2 is 1.31 bits per heavy atom. The Morgan fingerprint density at radius 3 is 2.19 bits per heavy atom. The third-order valence-electron chi connectivity index (χ3n) is 6.10. The van der Waals surface area contributed by atoms with Crippen LogP contribution in [-0.4, -0.2) is 24.1 Å². The number of aromatic nitrogens is 5. The van der Waals surface area contributed by atoms with Gasteiger partial charge in [0.25, 0.3) is 0 Å². The van der Waals surface area contributed by atoms with Crippen LogP contribution in [0.4, 0.5) is 0 Å². The lowest BCUT2D eigenvalue weighted by molar-refractivity contribution is 1.13. The van der Waals surface area contributed by atoms with E-state index >= 15 is 0 Å². The van der Waals surface area contributed by atoms with Crippen LogP contribution in [0.1, 0.15) is 0 Å². The van der Waals surface area contributed by atoms with Crippen LogP contribution < -0.4 is 0 Å². The standard InChI is InChI=1S/C27H17N5/c1-2-7-18(8-3-1)32-22-10-5-4-9-20(22)24-26-21(17-30-27(24)32)25-23(11-6-14-29-25)31(26)19-12-15-28-16-13-19/h1-17H. The van der Waals surface area contributed by atoms with Crippen molar-refractivity contribution in [1.82, 2.24) is 24.1 Å². The molecule has 0 aliphatic carbocycles. The Balaban J connectivity index is 1.77. The lowest BCUT2D eigenvalue weighted by atomic mass is 10.1. The SMILES string of the molecule is c1ccc(-n2c3ccccc3c3c2ncc2c4ncccc4n(-c4ccncc4)c23)cc1. The van der Waals surface area contributed by atoms with Gasteiger partial charge in [0.1, 0.15) is 5.65 Å². The van der Waals surface area contributed by atoms with Crippen molar-refractivity contribution >= 4 is 43.9 Å². The van der Waals surface area contributed by atoms with Gasteiger partial charge < -0.3 is 4.57 Å². The molecule has 0 amide bonds. The van der Waals surface area contributed by atoms with E-state index in [1.807, 2.05) is 49.1 Å². The summed E-state index contributed by atoms with van der Waals surface area (Å²) in [4.78, 5) is 13.9. The molecule has 0 aliphatic heterocycles. The molecule has 5 nitrogen and oxygen atoms in total. The van der Waals surface area contributed by atoms with Gasteiger partial charge in [0.2, 0.25) is 0 Å². The molecule has 5 heteroatoms. The van der Waals surface area contributed by atoms with Crippen molar-refractivity contribution in [3.8, 4) is 11.4 Å². The van der Waals surface area contributed by atoms with E-state index < -0.39 is 0 Å². The van der Waals surface area contributed by atoms with E-state index in [0.29, 0.717) is 0 Å². The maximum absolute atomic E-state index is 4.98. The number of hydrogen-bond donors (Lipinski definition) is 0. The number of rotatable bonds is 2. The summed E-state index contributed by atoms with van der Waals surface area (Å²) < 4.78 is 4.53. The van der Waals surface area contributed by atoms with E-state index in [4.69, 9.17) is 9.97 Å². The van der Waals surface area contributed by atoms with Crippen LogP contribution in [0.15, 0.2) is 104 Å². The highest BCUT2D eigenvalue weighted by molar-refractivity contribution is 6.24. The van der Waals surface area contributed by atoms with Gasteiger partial charge in [-0.3, -0.25) is 14.5 Å². The van der Waals surface area contributed by atoms with Crippen molar-refractivity contribution in [2.45, 2.75) is 0 Å². The average molecular weight is 411 g/mol. The Bertz CT molecular complexity index is 1760. The second-order valence-electron chi connectivity index (χ2n) is 7.82. The fraction of sp³-hybridized carbons (Fsp3) is 0. The molecule has 7 aromatic rings. The largest absolute Gasteiger partial charge is 0.307 e. The van der Waals surface area contributed by atoms with Crippen molar-refractivity contribution in [3.63, 3.8) is 0 Å². The molecule has 0 N–H and O–H groups in total. The molecule has 5 aromatic heterocycles. The van der Waals surface area contributed by atoms with Crippen LogP contribution >= 0.6 is 0 Å². The normalized spacial score (nSPS) is 11.8. The maximum Gasteiger partial charge on any atom is 0.147 e. The lowest BCUT2D eigenvalue weighted by Crippen LogP contribution is -1.96. The summed E-state index contributed by atoms with van der Waals surface area (Å²) in [5.41, 5.74) is 7.33. The predicted molar refractivity (Wildman–Crippen MR) is 129 cm³/mol. The van der Waals surface area contributed by atoms with Crippen LogP contribution in [-0.2, 0) is 0 Å². The summed E-state index contributed by atoms with van der Waals surface area (Å²) in [6.07, 6.45) is 7.46. The van der Waals surface area contributed by atoms with Gasteiger partial charge in [0, 0.05) is 46.9 Å². The zero-order chi connectivity index (χ0) is 21.1. The Morgan fingerprint density at radius 1 is 0.562 bits per heavy atom. The molecule has 7 rings (SSSR count). The first-order valence-electron chi connectivity index (χ1n) is 10.5. The van der Waals surface area contributed by atoms with Crippen LogP contribution in [0.2, 0.25) is 0 Å². The van der Waals surface area contributed by atoms with E-state index in [1.54, 1.807) is 0 Å². The highest BCUT2D eigenvalue weighted by Crippen LogP contribution is 2.39. The first-order valence-corrected chi connectivity index (χ1v) is 10.5. The van der Waals surface area contributed by atoms with E-state index in [9.17, 15) is 0 Å². The van der Waals surface area contributed by atoms with Gasteiger partial charge in [-0.25, -0.2) is 4.98 Å². The predicted octanol–water partition coefficient (Wildman–Crippen LogP) is 6.07. The fourth-order valence-corrected chi connectivity index (χ4v) is 4.81. The number of nitrogens with zero attached hydrogens (tertiary/aromatic N) is 5. The minimum atomic E-state index is 0.933. The summed E-state index contributed by atoms with van der Waals surface area (Å²) in [7, 11) is 0. The molecule has 0 aliphatic rings. The smallest absolute Gasteiger partial charge is 0.147 e. The summed E-state index contributed by atoms with van der Waals surface area (Å²) in [6, 6.07) is 27.1. The molecule has 0 bridgehead atoms. The first kappa shape index (κ1) is 17.2. The maximum atomic E-state index is 4.98. The van der Waals surface area contributed by atoms with Gasteiger partial charge in [-0.1, -0.05) is 36.4 Å². The molecule has 0 radical (unpaired) electrons. The van der Waals surface area contributed by atoms with Crippen molar-refractivity contribution < 1.29 is 0 Å². The number of benzene rings is 2. The minimum absolute atomic E-state index is 0.933. The van der Waals surface area contributed by atoms with Crippen LogP contribution in [0.5, 0.6) is 0 Å². The summed E-state index contributed by atoms with van der Waals surface area (Å²) >= 11 is 0. The zero-order valence-corrected chi connectivity index (χ0v) is 17.1. The quantitative estimate of drug-likeness (QED) is 0.347. The van der Waals surface area contributed by atoms with Gasteiger partial charge in [0.15, 0.2) is 0 Å². The topological polar surface area (TPSA) is 48.5 Å². The van der Waals surface area contributed by atoms with Gasteiger partial charge >= 0.3 is 0 Å². The van der Waals surface area contributed by atoms with E-state index in [2.05, 4.69) is 68.7 Å².